The average Bonchev–Trinajstić information content (AvgIpc) is 2.53. The molecule has 0 aromatic heterocycles. The van der Waals surface area contributed by atoms with E-state index in [1.807, 2.05) is 6.08 Å². The highest BCUT2D eigenvalue weighted by Gasteiger charge is 2.27. The zero-order chi connectivity index (χ0) is 16.5. The van der Waals surface area contributed by atoms with Gasteiger partial charge in [-0.25, -0.2) is 14.6 Å². The Morgan fingerprint density at radius 1 is 0.727 bits per heavy atom. The number of nitrogens with zero attached hydrogens (tertiary/aromatic N) is 2. The van der Waals surface area contributed by atoms with Crippen LogP contribution in [0.1, 0.15) is 90.9 Å². The van der Waals surface area contributed by atoms with Crippen LogP contribution in [0.15, 0.2) is 9.98 Å². The Hall–Kier alpha value is -1.24. The standard InChI is InChI=1S/C18H32N2O2/c1-3-5-12-18(20-17-22,13-6-4-2)14-10-8-7-9-11-15-19-16-21/h3-15H2,1-2H3. The molecule has 0 atom stereocenters. The van der Waals surface area contributed by atoms with Crippen LogP contribution in [-0.2, 0) is 9.59 Å². The minimum atomic E-state index is -0.171. The summed E-state index contributed by atoms with van der Waals surface area (Å²) >= 11 is 0. The molecule has 4 nitrogen and oxygen atoms in total. The van der Waals surface area contributed by atoms with Crippen LogP contribution in [0.3, 0.4) is 0 Å². The molecule has 0 bridgehead atoms. The maximum absolute atomic E-state index is 10.8. The van der Waals surface area contributed by atoms with Gasteiger partial charge < -0.3 is 0 Å². The van der Waals surface area contributed by atoms with Crippen LogP contribution in [-0.4, -0.2) is 24.2 Å². The number of carbonyl (C=O) groups excluding carboxylic acids is 2. The highest BCUT2D eigenvalue weighted by molar-refractivity contribution is 5.35. The van der Waals surface area contributed by atoms with Gasteiger partial charge in [0.05, 0.1) is 12.1 Å². The molecule has 0 aliphatic carbocycles. The summed E-state index contributed by atoms with van der Waals surface area (Å²) in [7, 11) is 0. The first kappa shape index (κ1) is 20.8. The van der Waals surface area contributed by atoms with E-state index in [9.17, 15) is 9.59 Å². The summed E-state index contributed by atoms with van der Waals surface area (Å²) in [5.41, 5.74) is -0.171. The van der Waals surface area contributed by atoms with E-state index in [4.69, 9.17) is 0 Å². The molecule has 0 spiro atoms. The van der Waals surface area contributed by atoms with Crippen molar-refractivity contribution in [1.82, 2.24) is 0 Å². The molecule has 0 saturated carbocycles. The number of unbranched alkanes of at least 4 members (excludes halogenated alkanes) is 6. The lowest BCUT2D eigenvalue weighted by Gasteiger charge is -2.28. The van der Waals surface area contributed by atoms with Gasteiger partial charge in [0.25, 0.3) is 0 Å². The lowest BCUT2D eigenvalue weighted by atomic mass is 9.83. The maximum atomic E-state index is 10.8. The summed E-state index contributed by atoms with van der Waals surface area (Å²) < 4.78 is 0. The molecule has 0 unspecified atom stereocenters. The second kappa shape index (κ2) is 14.7. The Bertz CT molecular complexity index is 348. The van der Waals surface area contributed by atoms with E-state index in [-0.39, 0.29) is 5.54 Å². The topological polar surface area (TPSA) is 58.9 Å². The van der Waals surface area contributed by atoms with Gasteiger partial charge >= 0.3 is 0 Å². The van der Waals surface area contributed by atoms with Gasteiger partial charge in [0, 0.05) is 0 Å². The third-order valence-electron chi connectivity index (χ3n) is 4.25. The third-order valence-corrected chi connectivity index (χ3v) is 4.25. The first-order valence-corrected chi connectivity index (χ1v) is 8.87. The van der Waals surface area contributed by atoms with Gasteiger partial charge in [-0.3, -0.25) is 0 Å². The van der Waals surface area contributed by atoms with Gasteiger partial charge in [-0.15, -0.1) is 0 Å². The molecule has 0 saturated heterocycles. The van der Waals surface area contributed by atoms with Crippen molar-refractivity contribution in [2.75, 3.05) is 6.54 Å². The lowest BCUT2D eigenvalue weighted by Crippen LogP contribution is -2.26. The average molecular weight is 308 g/mol. The predicted molar refractivity (Wildman–Crippen MR) is 90.6 cm³/mol. The normalized spacial score (nSPS) is 10.8. The molecule has 0 rings (SSSR count). The van der Waals surface area contributed by atoms with Gasteiger partial charge in [-0.05, 0) is 25.7 Å². The highest BCUT2D eigenvalue weighted by Crippen LogP contribution is 2.31. The number of hydrogen-bond acceptors (Lipinski definition) is 4. The highest BCUT2D eigenvalue weighted by atomic mass is 16.1. The van der Waals surface area contributed by atoms with Crippen molar-refractivity contribution in [3.63, 3.8) is 0 Å². The molecule has 4 heteroatoms. The summed E-state index contributed by atoms with van der Waals surface area (Å²) in [6.07, 6.45) is 16.4. The van der Waals surface area contributed by atoms with E-state index >= 15 is 0 Å². The van der Waals surface area contributed by atoms with Gasteiger partial charge in [0.1, 0.15) is 0 Å². The molecule has 22 heavy (non-hydrogen) atoms. The van der Waals surface area contributed by atoms with Crippen LogP contribution in [0.2, 0.25) is 0 Å². The van der Waals surface area contributed by atoms with Gasteiger partial charge in [-0.1, -0.05) is 65.2 Å². The van der Waals surface area contributed by atoms with Crippen molar-refractivity contribution < 1.29 is 9.59 Å². The zero-order valence-corrected chi connectivity index (χ0v) is 14.4. The van der Waals surface area contributed by atoms with E-state index in [0.29, 0.717) is 6.54 Å². The van der Waals surface area contributed by atoms with E-state index in [1.54, 1.807) is 6.08 Å². The quantitative estimate of drug-likeness (QED) is 0.239. The molecular formula is C18H32N2O2. The van der Waals surface area contributed by atoms with Gasteiger partial charge in [-0.2, -0.15) is 4.99 Å². The Kier molecular flexibility index (Phi) is 13.9. The number of isocyanates is 2. The second-order valence-corrected chi connectivity index (χ2v) is 6.13. The van der Waals surface area contributed by atoms with E-state index in [2.05, 4.69) is 23.8 Å². The largest absolute Gasteiger partial charge is 0.235 e. The number of rotatable bonds is 15. The van der Waals surface area contributed by atoms with E-state index in [0.717, 1.165) is 77.0 Å². The maximum Gasteiger partial charge on any atom is 0.235 e. The minimum absolute atomic E-state index is 0.171. The first-order valence-electron chi connectivity index (χ1n) is 8.87. The summed E-state index contributed by atoms with van der Waals surface area (Å²) in [4.78, 5) is 28.6. The Morgan fingerprint density at radius 3 is 1.82 bits per heavy atom. The molecule has 0 aliphatic rings. The Morgan fingerprint density at radius 2 is 1.27 bits per heavy atom. The van der Waals surface area contributed by atoms with Crippen molar-refractivity contribution in [3.05, 3.63) is 0 Å². The molecule has 0 aromatic rings. The SMILES string of the molecule is CCCCC(CCCC)(CCCCCCCN=C=O)N=C=O. The Labute approximate surface area is 135 Å². The third kappa shape index (κ3) is 10.5. The van der Waals surface area contributed by atoms with Crippen LogP contribution in [0.4, 0.5) is 0 Å². The van der Waals surface area contributed by atoms with Crippen LogP contribution >= 0.6 is 0 Å². The minimum Gasteiger partial charge on any atom is -0.211 e. The summed E-state index contributed by atoms with van der Waals surface area (Å²) in [6, 6.07) is 0. The van der Waals surface area contributed by atoms with E-state index < -0.39 is 0 Å². The van der Waals surface area contributed by atoms with Gasteiger partial charge in [0.15, 0.2) is 0 Å². The molecule has 0 N–H and O–H groups in total. The van der Waals surface area contributed by atoms with Crippen LogP contribution in [0.5, 0.6) is 0 Å². The van der Waals surface area contributed by atoms with Crippen molar-refractivity contribution in [2.45, 2.75) is 96.4 Å². The molecule has 0 aromatic carbocycles. The fourth-order valence-electron chi connectivity index (χ4n) is 2.87. The van der Waals surface area contributed by atoms with Crippen molar-refractivity contribution in [2.24, 2.45) is 9.98 Å². The molecule has 0 heterocycles. The molecular weight excluding hydrogens is 276 g/mol. The summed E-state index contributed by atoms with van der Waals surface area (Å²) in [6.45, 7) is 4.95. The van der Waals surface area contributed by atoms with Crippen molar-refractivity contribution >= 4 is 12.2 Å². The fourth-order valence-corrected chi connectivity index (χ4v) is 2.87. The molecule has 0 radical (unpaired) electrons. The number of aliphatic imine (C=N–C) groups is 2. The fraction of sp³-hybridized carbons (Fsp3) is 0.889. The van der Waals surface area contributed by atoms with Crippen molar-refractivity contribution in [3.8, 4) is 0 Å². The van der Waals surface area contributed by atoms with Crippen molar-refractivity contribution in [1.29, 1.82) is 0 Å². The van der Waals surface area contributed by atoms with Crippen LogP contribution < -0.4 is 0 Å². The zero-order valence-electron chi connectivity index (χ0n) is 14.4. The molecule has 0 amide bonds. The number of hydrogen-bond donors (Lipinski definition) is 0. The molecule has 126 valence electrons. The molecule has 0 aliphatic heterocycles. The predicted octanol–water partition coefficient (Wildman–Crippen LogP) is 5.12. The lowest BCUT2D eigenvalue weighted by molar-refractivity contribution is 0.311. The van der Waals surface area contributed by atoms with Crippen LogP contribution in [0, 0.1) is 0 Å². The molecule has 0 fully saturated rings. The smallest absolute Gasteiger partial charge is 0.211 e. The summed E-state index contributed by atoms with van der Waals surface area (Å²) in [5, 5.41) is 0. The summed E-state index contributed by atoms with van der Waals surface area (Å²) in [5.74, 6) is 0. The van der Waals surface area contributed by atoms with Gasteiger partial charge in [0.2, 0.25) is 12.2 Å². The Balaban J connectivity index is 4.19. The second-order valence-electron chi connectivity index (χ2n) is 6.13. The monoisotopic (exact) mass is 308 g/mol. The first-order chi connectivity index (χ1) is 10.7. The van der Waals surface area contributed by atoms with E-state index in [1.165, 1.54) is 0 Å². The van der Waals surface area contributed by atoms with Crippen LogP contribution in [0.25, 0.3) is 0 Å².